The van der Waals surface area contributed by atoms with Crippen LogP contribution < -0.4 is 4.90 Å². The van der Waals surface area contributed by atoms with E-state index in [4.69, 9.17) is 11.6 Å². The number of aryl methyl sites for hydroxylation is 1. The molecule has 0 spiro atoms. The van der Waals surface area contributed by atoms with E-state index in [1.165, 1.54) is 0 Å². The van der Waals surface area contributed by atoms with Gasteiger partial charge in [0.05, 0.1) is 11.8 Å². The summed E-state index contributed by atoms with van der Waals surface area (Å²) < 4.78 is 1.73. The SMILES string of the molecule is Cc1c(C(=O)N2CCN(c3ccc(Cl)cc3)CC2)cnn1C. The van der Waals surface area contributed by atoms with Crippen molar-refractivity contribution < 1.29 is 4.79 Å². The summed E-state index contributed by atoms with van der Waals surface area (Å²) in [5.41, 5.74) is 2.75. The average molecular weight is 319 g/mol. The highest BCUT2D eigenvalue weighted by atomic mass is 35.5. The predicted molar refractivity (Wildman–Crippen MR) is 87.5 cm³/mol. The van der Waals surface area contributed by atoms with Crippen molar-refractivity contribution in [3.05, 3.63) is 46.7 Å². The van der Waals surface area contributed by atoms with E-state index in [9.17, 15) is 4.79 Å². The highest BCUT2D eigenvalue weighted by molar-refractivity contribution is 6.30. The number of rotatable bonds is 2. The second kappa shape index (κ2) is 6.01. The van der Waals surface area contributed by atoms with Gasteiger partial charge >= 0.3 is 0 Å². The summed E-state index contributed by atoms with van der Waals surface area (Å²) in [6.45, 7) is 5.01. The fourth-order valence-electron chi connectivity index (χ4n) is 2.70. The Morgan fingerprint density at radius 1 is 1.14 bits per heavy atom. The third-order valence-electron chi connectivity index (χ3n) is 4.22. The van der Waals surface area contributed by atoms with Crippen molar-refractivity contribution in [2.45, 2.75) is 6.92 Å². The third-order valence-corrected chi connectivity index (χ3v) is 4.48. The molecule has 0 atom stereocenters. The lowest BCUT2D eigenvalue weighted by Crippen LogP contribution is -2.48. The van der Waals surface area contributed by atoms with Gasteiger partial charge in [-0.15, -0.1) is 0 Å². The van der Waals surface area contributed by atoms with E-state index in [0.29, 0.717) is 5.56 Å². The van der Waals surface area contributed by atoms with Gasteiger partial charge in [-0.2, -0.15) is 5.10 Å². The minimum Gasteiger partial charge on any atom is -0.368 e. The van der Waals surface area contributed by atoms with E-state index in [2.05, 4.69) is 10.00 Å². The third kappa shape index (κ3) is 2.81. The van der Waals surface area contributed by atoms with Gasteiger partial charge in [-0.3, -0.25) is 9.48 Å². The Hall–Kier alpha value is -2.01. The lowest BCUT2D eigenvalue weighted by atomic mass is 10.2. The summed E-state index contributed by atoms with van der Waals surface area (Å²) >= 11 is 5.92. The van der Waals surface area contributed by atoms with Crippen LogP contribution in [0.25, 0.3) is 0 Å². The van der Waals surface area contributed by atoms with Crippen LogP contribution in [0.15, 0.2) is 30.5 Å². The van der Waals surface area contributed by atoms with Gasteiger partial charge in [0.25, 0.3) is 5.91 Å². The lowest BCUT2D eigenvalue weighted by molar-refractivity contribution is 0.0746. The zero-order valence-electron chi connectivity index (χ0n) is 12.8. The summed E-state index contributed by atoms with van der Waals surface area (Å²) in [4.78, 5) is 16.7. The maximum absolute atomic E-state index is 12.6. The van der Waals surface area contributed by atoms with Gasteiger partial charge < -0.3 is 9.80 Å². The number of benzene rings is 1. The Balaban J connectivity index is 1.65. The van der Waals surface area contributed by atoms with E-state index in [1.54, 1.807) is 10.9 Å². The van der Waals surface area contributed by atoms with Crippen LogP contribution >= 0.6 is 11.6 Å². The quantitative estimate of drug-likeness (QED) is 0.853. The van der Waals surface area contributed by atoms with E-state index < -0.39 is 0 Å². The molecule has 2 aromatic rings. The molecule has 1 aliphatic rings. The molecule has 22 heavy (non-hydrogen) atoms. The molecule has 0 saturated carbocycles. The Morgan fingerprint density at radius 2 is 1.77 bits per heavy atom. The van der Waals surface area contributed by atoms with Gasteiger partial charge in [0.15, 0.2) is 0 Å². The first-order valence-electron chi connectivity index (χ1n) is 7.34. The topological polar surface area (TPSA) is 41.4 Å². The van der Waals surface area contributed by atoms with Crippen LogP contribution in [-0.2, 0) is 7.05 Å². The van der Waals surface area contributed by atoms with Crippen molar-refractivity contribution in [3.8, 4) is 0 Å². The smallest absolute Gasteiger partial charge is 0.257 e. The fraction of sp³-hybridized carbons (Fsp3) is 0.375. The van der Waals surface area contributed by atoms with Crippen molar-refractivity contribution in [1.82, 2.24) is 14.7 Å². The van der Waals surface area contributed by atoms with E-state index in [1.807, 2.05) is 43.1 Å². The molecule has 1 aromatic heterocycles. The summed E-state index contributed by atoms with van der Waals surface area (Å²) in [5.74, 6) is 0.0707. The number of hydrogen-bond acceptors (Lipinski definition) is 3. The number of aromatic nitrogens is 2. The first-order valence-corrected chi connectivity index (χ1v) is 7.72. The Kier molecular flexibility index (Phi) is 4.07. The molecule has 0 radical (unpaired) electrons. The van der Waals surface area contributed by atoms with Gasteiger partial charge in [-0.05, 0) is 31.2 Å². The van der Waals surface area contributed by atoms with E-state index in [-0.39, 0.29) is 5.91 Å². The van der Waals surface area contributed by atoms with Crippen molar-refractivity contribution >= 4 is 23.2 Å². The van der Waals surface area contributed by atoms with Gasteiger partial charge in [0.2, 0.25) is 0 Å². The van der Waals surface area contributed by atoms with Crippen molar-refractivity contribution in [2.75, 3.05) is 31.1 Å². The van der Waals surface area contributed by atoms with Gasteiger partial charge in [-0.1, -0.05) is 11.6 Å². The monoisotopic (exact) mass is 318 g/mol. The van der Waals surface area contributed by atoms with Gasteiger partial charge in [-0.25, -0.2) is 0 Å². The van der Waals surface area contributed by atoms with E-state index in [0.717, 1.165) is 42.6 Å². The average Bonchev–Trinajstić information content (AvgIpc) is 2.87. The molecule has 0 N–H and O–H groups in total. The second-order valence-electron chi connectivity index (χ2n) is 5.52. The number of amides is 1. The summed E-state index contributed by atoms with van der Waals surface area (Å²) in [6, 6.07) is 7.83. The van der Waals surface area contributed by atoms with Crippen molar-refractivity contribution in [3.63, 3.8) is 0 Å². The molecule has 1 amide bonds. The maximum Gasteiger partial charge on any atom is 0.257 e. The molecule has 2 heterocycles. The largest absolute Gasteiger partial charge is 0.368 e. The van der Waals surface area contributed by atoms with Crippen molar-refractivity contribution in [2.24, 2.45) is 7.05 Å². The molecule has 116 valence electrons. The molecule has 1 saturated heterocycles. The molecular weight excluding hydrogens is 300 g/mol. The molecule has 0 aliphatic carbocycles. The zero-order chi connectivity index (χ0) is 15.7. The number of piperazine rings is 1. The first kappa shape index (κ1) is 14.9. The second-order valence-corrected chi connectivity index (χ2v) is 5.96. The summed E-state index contributed by atoms with van der Waals surface area (Å²) in [7, 11) is 1.85. The van der Waals surface area contributed by atoms with Crippen LogP contribution in [0, 0.1) is 6.92 Å². The number of carbonyl (C=O) groups excluding carboxylic acids is 1. The number of carbonyl (C=O) groups is 1. The van der Waals surface area contributed by atoms with Crippen LogP contribution in [0.4, 0.5) is 5.69 Å². The molecular formula is C16H19ClN4O. The zero-order valence-corrected chi connectivity index (χ0v) is 13.5. The minimum atomic E-state index is 0.0707. The highest BCUT2D eigenvalue weighted by Gasteiger charge is 2.24. The van der Waals surface area contributed by atoms with E-state index >= 15 is 0 Å². The molecule has 3 rings (SSSR count). The molecule has 1 fully saturated rings. The fourth-order valence-corrected chi connectivity index (χ4v) is 2.82. The minimum absolute atomic E-state index is 0.0707. The maximum atomic E-state index is 12.6. The van der Waals surface area contributed by atoms with Crippen LogP contribution in [0.1, 0.15) is 16.1 Å². The number of hydrogen-bond donors (Lipinski definition) is 0. The number of halogens is 1. The lowest BCUT2D eigenvalue weighted by Gasteiger charge is -2.36. The van der Waals surface area contributed by atoms with Gasteiger partial charge in [0, 0.05) is 49.6 Å². The normalized spacial score (nSPS) is 15.2. The first-order chi connectivity index (χ1) is 10.6. The molecule has 0 unspecified atom stereocenters. The Morgan fingerprint density at radius 3 is 2.32 bits per heavy atom. The van der Waals surface area contributed by atoms with Crippen LogP contribution in [0.5, 0.6) is 0 Å². The Bertz CT molecular complexity index is 672. The molecule has 5 nitrogen and oxygen atoms in total. The van der Waals surface area contributed by atoms with Crippen LogP contribution in [0.2, 0.25) is 5.02 Å². The predicted octanol–water partition coefficient (Wildman–Crippen LogP) is 2.34. The number of anilines is 1. The van der Waals surface area contributed by atoms with Crippen LogP contribution in [-0.4, -0.2) is 46.8 Å². The van der Waals surface area contributed by atoms with Gasteiger partial charge in [0.1, 0.15) is 0 Å². The molecule has 1 aliphatic heterocycles. The molecule has 0 bridgehead atoms. The summed E-state index contributed by atoms with van der Waals surface area (Å²) in [6.07, 6.45) is 1.66. The highest BCUT2D eigenvalue weighted by Crippen LogP contribution is 2.20. The molecule has 6 heteroatoms. The summed E-state index contributed by atoms with van der Waals surface area (Å²) in [5, 5.41) is 4.89. The van der Waals surface area contributed by atoms with Crippen molar-refractivity contribution in [1.29, 1.82) is 0 Å². The number of nitrogens with zero attached hydrogens (tertiary/aromatic N) is 4. The molecule has 1 aromatic carbocycles. The Labute approximate surface area is 135 Å². The van der Waals surface area contributed by atoms with Crippen LogP contribution in [0.3, 0.4) is 0 Å². The standard InChI is InChI=1S/C16H19ClN4O/c1-12-15(11-18-19(12)2)16(22)21-9-7-20(8-10-21)14-5-3-13(17)4-6-14/h3-6,11H,7-10H2,1-2H3.